The Kier molecular flexibility index (Phi) is 5.37. The number of rotatable bonds is 6. The van der Waals surface area contributed by atoms with Gasteiger partial charge in [0.1, 0.15) is 5.82 Å². The maximum Gasteiger partial charge on any atom is 0.124 e. The monoisotopic (exact) mass is 309 g/mol. The first kappa shape index (κ1) is 16.0. The van der Waals surface area contributed by atoms with Crippen molar-refractivity contribution < 1.29 is 4.39 Å². The third kappa shape index (κ3) is 3.83. The number of likely N-dealkylation sites (N-methyl/N-ethyl adjacent to an activating group) is 1. The quantitative estimate of drug-likeness (QED) is 0.877. The van der Waals surface area contributed by atoms with Crippen LogP contribution in [0.3, 0.4) is 0 Å². The molecule has 0 spiro atoms. The molecule has 1 aromatic carbocycles. The van der Waals surface area contributed by atoms with Crippen LogP contribution in [0.4, 0.5) is 4.39 Å². The fourth-order valence-electron chi connectivity index (χ4n) is 2.53. The number of hydrogen-bond donors (Lipinski definition) is 1. The molecule has 0 aliphatic heterocycles. The van der Waals surface area contributed by atoms with Crippen molar-refractivity contribution in [3.05, 3.63) is 52.1 Å². The molecule has 0 saturated carbocycles. The third-order valence-corrected chi connectivity index (χ3v) is 3.83. The zero-order chi connectivity index (χ0) is 15.4. The van der Waals surface area contributed by atoms with Crippen molar-refractivity contribution in [2.45, 2.75) is 39.8 Å². The molecular weight excluding hydrogens is 289 g/mol. The minimum absolute atomic E-state index is 0.110. The summed E-state index contributed by atoms with van der Waals surface area (Å²) in [6, 6.07) is 6.77. The second-order valence-electron chi connectivity index (χ2n) is 5.08. The number of aromatic nitrogens is 2. The Bertz CT molecular complexity index is 610. The molecule has 114 valence electrons. The van der Waals surface area contributed by atoms with Crippen molar-refractivity contribution in [3.8, 4) is 0 Å². The number of nitrogens with zero attached hydrogens (tertiary/aromatic N) is 2. The van der Waals surface area contributed by atoms with E-state index in [-0.39, 0.29) is 11.9 Å². The van der Waals surface area contributed by atoms with Crippen LogP contribution in [-0.4, -0.2) is 16.3 Å². The standard InChI is InChI=1S/C16H21ClFN3/c1-4-19-15(16-8-11(3)20-21(16)5-2)9-12-6-7-13(18)10-14(12)17/h6-8,10,15,19H,4-5,9H2,1-3H3. The maximum absolute atomic E-state index is 13.2. The van der Waals surface area contributed by atoms with E-state index >= 15 is 0 Å². The number of benzene rings is 1. The molecule has 0 radical (unpaired) electrons. The molecule has 0 amide bonds. The first-order valence-electron chi connectivity index (χ1n) is 7.26. The fraction of sp³-hybridized carbons (Fsp3) is 0.438. The van der Waals surface area contributed by atoms with E-state index in [0.717, 1.165) is 30.0 Å². The molecule has 1 heterocycles. The lowest BCUT2D eigenvalue weighted by Crippen LogP contribution is -2.25. The molecule has 21 heavy (non-hydrogen) atoms. The second kappa shape index (κ2) is 7.05. The minimum Gasteiger partial charge on any atom is -0.309 e. The predicted octanol–water partition coefficient (Wildman–Crippen LogP) is 3.90. The molecule has 1 aromatic heterocycles. The number of nitrogens with one attached hydrogen (secondary N) is 1. The molecule has 0 aliphatic carbocycles. The highest BCUT2D eigenvalue weighted by Gasteiger charge is 2.18. The SMILES string of the molecule is CCNC(Cc1ccc(F)cc1Cl)c1cc(C)nn1CC. The van der Waals surface area contributed by atoms with E-state index in [1.165, 1.54) is 12.1 Å². The lowest BCUT2D eigenvalue weighted by atomic mass is 10.0. The first-order valence-corrected chi connectivity index (χ1v) is 7.64. The van der Waals surface area contributed by atoms with E-state index in [1.54, 1.807) is 6.07 Å². The Morgan fingerprint density at radius 3 is 2.71 bits per heavy atom. The molecular formula is C16H21ClFN3. The average molecular weight is 310 g/mol. The van der Waals surface area contributed by atoms with Crippen LogP contribution >= 0.6 is 11.6 Å². The molecule has 1 atom stereocenters. The van der Waals surface area contributed by atoms with Gasteiger partial charge in [-0.1, -0.05) is 24.6 Å². The molecule has 1 N–H and O–H groups in total. The van der Waals surface area contributed by atoms with Crippen LogP contribution in [0.2, 0.25) is 5.02 Å². The van der Waals surface area contributed by atoms with E-state index in [2.05, 4.69) is 30.3 Å². The summed E-state index contributed by atoms with van der Waals surface area (Å²) in [6.45, 7) is 7.80. The Morgan fingerprint density at radius 2 is 2.10 bits per heavy atom. The minimum atomic E-state index is -0.307. The predicted molar refractivity (Wildman–Crippen MR) is 84.2 cm³/mol. The van der Waals surface area contributed by atoms with Crippen molar-refractivity contribution in [2.75, 3.05) is 6.54 Å². The van der Waals surface area contributed by atoms with Gasteiger partial charge in [-0.05, 0) is 50.6 Å². The van der Waals surface area contributed by atoms with E-state index < -0.39 is 0 Å². The molecule has 0 saturated heterocycles. The van der Waals surface area contributed by atoms with Gasteiger partial charge in [0.05, 0.1) is 17.4 Å². The number of halogens is 2. The van der Waals surface area contributed by atoms with Gasteiger partial charge >= 0.3 is 0 Å². The van der Waals surface area contributed by atoms with Crippen molar-refractivity contribution in [3.63, 3.8) is 0 Å². The average Bonchev–Trinajstić information content (AvgIpc) is 2.82. The maximum atomic E-state index is 13.2. The van der Waals surface area contributed by atoms with Gasteiger partial charge in [-0.2, -0.15) is 5.10 Å². The second-order valence-corrected chi connectivity index (χ2v) is 5.48. The zero-order valence-corrected chi connectivity index (χ0v) is 13.4. The lowest BCUT2D eigenvalue weighted by Gasteiger charge is -2.19. The van der Waals surface area contributed by atoms with Gasteiger partial charge in [0.2, 0.25) is 0 Å². The molecule has 3 nitrogen and oxygen atoms in total. The van der Waals surface area contributed by atoms with Gasteiger partial charge in [0.15, 0.2) is 0 Å². The third-order valence-electron chi connectivity index (χ3n) is 3.48. The van der Waals surface area contributed by atoms with Crippen molar-refractivity contribution in [1.29, 1.82) is 0 Å². The van der Waals surface area contributed by atoms with Crippen LogP contribution in [0.1, 0.15) is 36.8 Å². The lowest BCUT2D eigenvalue weighted by molar-refractivity contribution is 0.489. The van der Waals surface area contributed by atoms with E-state index in [9.17, 15) is 4.39 Å². The summed E-state index contributed by atoms with van der Waals surface area (Å²) in [4.78, 5) is 0. The van der Waals surface area contributed by atoms with Crippen LogP contribution in [-0.2, 0) is 13.0 Å². The summed E-state index contributed by atoms with van der Waals surface area (Å²) in [5, 5.41) is 8.43. The normalized spacial score (nSPS) is 12.6. The smallest absolute Gasteiger partial charge is 0.124 e. The molecule has 0 fully saturated rings. The Balaban J connectivity index is 2.30. The van der Waals surface area contributed by atoms with Crippen molar-refractivity contribution >= 4 is 11.6 Å². The topological polar surface area (TPSA) is 29.9 Å². The summed E-state index contributed by atoms with van der Waals surface area (Å²) < 4.78 is 15.2. The highest BCUT2D eigenvalue weighted by atomic mass is 35.5. The first-order chi connectivity index (χ1) is 10.0. The summed E-state index contributed by atoms with van der Waals surface area (Å²) in [5.41, 5.74) is 3.07. The number of hydrogen-bond acceptors (Lipinski definition) is 2. The fourth-order valence-corrected chi connectivity index (χ4v) is 2.78. The summed E-state index contributed by atoms with van der Waals surface area (Å²) in [5.74, 6) is -0.307. The Hall–Kier alpha value is -1.39. The number of aryl methyl sites for hydroxylation is 2. The molecule has 2 aromatic rings. The molecule has 0 bridgehead atoms. The molecule has 1 unspecified atom stereocenters. The van der Waals surface area contributed by atoms with Crippen LogP contribution in [0.5, 0.6) is 0 Å². The van der Waals surface area contributed by atoms with Gasteiger partial charge in [0, 0.05) is 11.6 Å². The van der Waals surface area contributed by atoms with Gasteiger partial charge in [-0.3, -0.25) is 4.68 Å². The van der Waals surface area contributed by atoms with Crippen molar-refractivity contribution in [2.24, 2.45) is 0 Å². The van der Waals surface area contributed by atoms with E-state index in [0.29, 0.717) is 11.4 Å². The van der Waals surface area contributed by atoms with Crippen LogP contribution in [0.15, 0.2) is 24.3 Å². The van der Waals surface area contributed by atoms with Gasteiger partial charge in [0.25, 0.3) is 0 Å². The van der Waals surface area contributed by atoms with Gasteiger partial charge in [-0.15, -0.1) is 0 Å². The zero-order valence-electron chi connectivity index (χ0n) is 12.7. The van der Waals surface area contributed by atoms with Gasteiger partial charge in [-0.25, -0.2) is 4.39 Å². The summed E-state index contributed by atoms with van der Waals surface area (Å²) in [7, 11) is 0. The van der Waals surface area contributed by atoms with Crippen LogP contribution in [0, 0.1) is 12.7 Å². The van der Waals surface area contributed by atoms with E-state index in [1.807, 2.05) is 11.6 Å². The Labute approximate surface area is 130 Å². The Morgan fingerprint density at radius 1 is 1.33 bits per heavy atom. The van der Waals surface area contributed by atoms with E-state index in [4.69, 9.17) is 11.6 Å². The highest BCUT2D eigenvalue weighted by molar-refractivity contribution is 6.31. The molecule has 2 rings (SSSR count). The van der Waals surface area contributed by atoms with Crippen LogP contribution in [0.25, 0.3) is 0 Å². The van der Waals surface area contributed by atoms with Crippen molar-refractivity contribution in [1.82, 2.24) is 15.1 Å². The van der Waals surface area contributed by atoms with Gasteiger partial charge < -0.3 is 5.32 Å². The summed E-state index contributed by atoms with van der Waals surface area (Å²) in [6.07, 6.45) is 0.706. The van der Waals surface area contributed by atoms with Crippen LogP contribution < -0.4 is 5.32 Å². The largest absolute Gasteiger partial charge is 0.309 e. The molecule has 0 aliphatic rings. The highest BCUT2D eigenvalue weighted by Crippen LogP contribution is 2.25. The summed E-state index contributed by atoms with van der Waals surface area (Å²) >= 11 is 6.15. The molecule has 5 heteroatoms.